The van der Waals surface area contributed by atoms with E-state index in [1.54, 1.807) is 93.8 Å². The van der Waals surface area contributed by atoms with Gasteiger partial charge in [0.15, 0.2) is 17.9 Å². The molecule has 19 atom stereocenters. The lowest BCUT2D eigenvalue weighted by Gasteiger charge is -2.45. The monoisotopic (exact) mass is 1100 g/mol. The number of aliphatic hydroxyl groups excluding tert-OH is 9. The molecule has 2 bridgehead atoms. The quantitative estimate of drug-likeness (QED) is 0.117. The maximum Gasteiger partial charge on any atom is 0.308 e. The van der Waals surface area contributed by atoms with Crippen LogP contribution < -0.4 is 11.1 Å². The Morgan fingerprint density at radius 2 is 1.27 bits per heavy atom. The van der Waals surface area contributed by atoms with E-state index in [2.05, 4.69) is 5.32 Å². The van der Waals surface area contributed by atoms with Gasteiger partial charge in [-0.2, -0.15) is 0 Å². The van der Waals surface area contributed by atoms with Gasteiger partial charge in [-0.15, -0.1) is 0 Å². The van der Waals surface area contributed by atoms with Crippen molar-refractivity contribution in [3.8, 4) is 0 Å². The van der Waals surface area contributed by atoms with E-state index in [0.717, 1.165) is 5.69 Å². The minimum atomic E-state index is -2.07. The molecule has 436 valence electrons. The molecule has 1 aromatic rings. The summed E-state index contributed by atoms with van der Waals surface area (Å²) in [5.74, 6) is -4.84. The van der Waals surface area contributed by atoms with E-state index in [1.165, 1.54) is 0 Å². The number of ketones is 2. The smallest absolute Gasteiger partial charge is 0.308 e. The molecular formula is C59H88N2O17. The number of rotatable bonds is 10. The Hall–Kier alpha value is -4.55. The lowest BCUT2D eigenvalue weighted by atomic mass is 9.84. The molecule has 0 radical (unpaired) electrons. The van der Waals surface area contributed by atoms with Crippen LogP contribution in [0.15, 0.2) is 109 Å². The van der Waals surface area contributed by atoms with Gasteiger partial charge >= 0.3 is 5.97 Å². The molecule has 19 nitrogen and oxygen atoms in total. The highest BCUT2D eigenvalue weighted by Crippen LogP contribution is 2.38. The molecule has 1 unspecified atom stereocenters. The molecule has 0 aromatic heterocycles. The largest absolute Gasteiger partial charge is 0.461 e. The lowest BCUT2D eigenvalue weighted by Crippen LogP contribution is -2.61. The SMILES string of the molecule is CNc1ccc(C(=O)CC(O)CC[C@H](C)[C@H]2OC(=O)C[C@H](O)CC(=O)C[C@H](O)C[C@H](O)C[C@H](O)C[C@H](O)C[C@]3(O)C[C@H](O)[C@@H](C)[C@H](C[C@@H](O[C@@H]4O[C@H](C)[C@@H](N)[C@H](O)[C@@H]4O)/C=C/C=C/C=C/C=C\C=C/C=C/C=C/[C@@H]2C)O3)cc1. The number of nitrogens with one attached hydrogen (secondary N) is 1. The molecule has 0 spiro atoms. The van der Waals surface area contributed by atoms with Gasteiger partial charge in [-0.25, -0.2) is 0 Å². The summed E-state index contributed by atoms with van der Waals surface area (Å²) in [6.07, 6.45) is 6.18. The van der Waals surface area contributed by atoms with Crippen LogP contribution in [0.25, 0.3) is 0 Å². The van der Waals surface area contributed by atoms with Crippen LogP contribution in [0.4, 0.5) is 5.69 Å². The number of hydrogen-bond donors (Lipinski definition) is 12. The van der Waals surface area contributed by atoms with Crippen LogP contribution in [0.3, 0.4) is 0 Å². The van der Waals surface area contributed by atoms with Crippen LogP contribution in [-0.4, -0.2) is 173 Å². The number of esters is 1. The van der Waals surface area contributed by atoms with Gasteiger partial charge in [0, 0.05) is 68.7 Å². The van der Waals surface area contributed by atoms with Gasteiger partial charge in [-0.05, 0) is 69.2 Å². The first-order chi connectivity index (χ1) is 37.0. The fourth-order valence-corrected chi connectivity index (χ4v) is 9.87. The molecule has 13 N–H and O–H groups in total. The molecule has 2 fully saturated rings. The van der Waals surface area contributed by atoms with Crippen LogP contribution in [0.5, 0.6) is 0 Å². The minimum absolute atomic E-state index is 0.0224. The third-order valence-electron chi connectivity index (χ3n) is 14.5. The van der Waals surface area contributed by atoms with E-state index in [4.69, 9.17) is 24.7 Å². The summed E-state index contributed by atoms with van der Waals surface area (Å²) in [7, 11) is 1.77. The van der Waals surface area contributed by atoms with E-state index in [9.17, 15) is 65.4 Å². The molecule has 0 aliphatic carbocycles. The normalized spacial score (nSPS) is 38.8. The van der Waals surface area contributed by atoms with Gasteiger partial charge < -0.3 is 81.1 Å². The maximum absolute atomic E-state index is 13.3. The number of Topliss-reactive ketones (excluding diaryl/α,β-unsaturated/α-hetero) is 2. The second-order valence-electron chi connectivity index (χ2n) is 21.4. The molecule has 3 heterocycles. The third-order valence-corrected chi connectivity index (χ3v) is 14.5. The standard InChI is InChI=1S/C59H88N2O17/c1-36-18-16-14-12-10-8-6-7-9-11-13-15-17-19-49(76-58-56(73)55(72)54(60)39(4)75-58)33-52-38(3)51(70)35-59(74,78-52)34-48(68)30-46(66)28-44(64)26-43(63)27-45(65)29-47(67)32-53(71)77-57(36)37(2)20-25-42(62)31-50(69)40-21-23-41(61-5)24-22-40/h6-19,21-24,36-39,42-44,46-49,51-52,54-58,61-64,66-68,70,72-74H,20,25-35,60H2,1-5H3/b7-6-,10-8-,11-9+,14-12+,15-13+,18-16+,19-17+/t36-,37-,38+,39+,42?,43+,44-,46-,47+,48-,49-,51-,52-,54+,55-,56-,57-,58-,59+/m0/s1. The topological polar surface area (TPSA) is 328 Å². The van der Waals surface area contributed by atoms with Gasteiger partial charge in [0.05, 0.1) is 73.5 Å². The first-order valence-corrected chi connectivity index (χ1v) is 27.3. The first kappa shape index (κ1) is 66.0. The maximum atomic E-state index is 13.3. The van der Waals surface area contributed by atoms with Crippen LogP contribution in [0.2, 0.25) is 0 Å². The van der Waals surface area contributed by atoms with Crippen molar-refractivity contribution in [1.82, 2.24) is 0 Å². The van der Waals surface area contributed by atoms with Crippen LogP contribution in [0.1, 0.15) is 115 Å². The number of benzene rings is 1. The molecule has 19 heteroatoms. The van der Waals surface area contributed by atoms with Gasteiger partial charge in [0.2, 0.25) is 0 Å². The highest BCUT2D eigenvalue weighted by atomic mass is 16.7. The number of carbonyl (C=O) groups excluding carboxylic acids is 3. The van der Waals surface area contributed by atoms with Crippen molar-refractivity contribution in [1.29, 1.82) is 0 Å². The van der Waals surface area contributed by atoms with E-state index in [0.29, 0.717) is 12.0 Å². The predicted molar refractivity (Wildman–Crippen MR) is 293 cm³/mol. The van der Waals surface area contributed by atoms with Gasteiger partial charge in [0.1, 0.15) is 24.1 Å². The van der Waals surface area contributed by atoms with Crippen LogP contribution in [-0.2, 0) is 28.5 Å². The minimum Gasteiger partial charge on any atom is -0.461 e. The van der Waals surface area contributed by atoms with Crippen molar-refractivity contribution in [3.05, 3.63) is 115 Å². The molecule has 3 aliphatic heterocycles. The molecule has 0 saturated carbocycles. The number of aliphatic hydroxyl groups is 10. The van der Waals surface area contributed by atoms with Gasteiger partial charge in [-0.1, -0.05) is 106 Å². The second-order valence-corrected chi connectivity index (χ2v) is 21.4. The number of carbonyl (C=O) groups is 3. The number of ether oxygens (including phenoxy) is 4. The summed E-state index contributed by atoms with van der Waals surface area (Å²) < 4.78 is 24.1. The van der Waals surface area contributed by atoms with Crippen molar-refractivity contribution in [2.45, 2.75) is 202 Å². The number of nitrogens with two attached hydrogens (primary N) is 1. The Kier molecular flexibility index (Phi) is 28.1. The zero-order valence-corrected chi connectivity index (χ0v) is 45.7. The van der Waals surface area contributed by atoms with E-state index in [-0.39, 0.29) is 62.6 Å². The zero-order valence-electron chi connectivity index (χ0n) is 45.7. The van der Waals surface area contributed by atoms with Crippen molar-refractivity contribution >= 4 is 23.2 Å². The molecule has 78 heavy (non-hydrogen) atoms. The summed E-state index contributed by atoms with van der Waals surface area (Å²) in [5.41, 5.74) is 7.33. The molecule has 2 saturated heterocycles. The molecule has 1 aromatic carbocycles. The predicted octanol–water partition coefficient (Wildman–Crippen LogP) is 3.68. The summed E-state index contributed by atoms with van der Waals surface area (Å²) in [6.45, 7) is 7.09. The average Bonchev–Trinajstić information content (AvgIpc) is 3.38. The highest BCUT2D eigenvalue weighted by Gasteiger charge is 2.47. The molecule has 4 rings (SSSR count). The summed E-state index contributed by atoms with van der Waals surface area (Å²) in [4.78, 5) is 39.2. The van der Waals surface area contributed by atoms with Crippen LogP contribution >= 0.6 is 0 Å². The van der Waals surface area contributed by atoms with Crippen LogP contribution in [0, 0.1) is 17.8 Å². The number of fused-ring (bicyclic) bond motifs is 2. The Labute approximate surface area is 459 Å². The van der Waals surface area contributed by atoms with Crippen molar-refractivity contribution in [2.24, 2.45) is 23.5 Å². The fraction of sp³-hybridized carbons (Fsp3) is 0.610. The van der Waals surface area contributed by atoms with Gasteiger partial charge in [-0.3, -0.25) is 14.4 Å². The zero-order chi connectivity index (χ0) is 57.5. The van der Waals surface area contributed by atoms with Crippen molar-refractivity contribution in [2.75, 3.05) is 12.4 Å². The second kappa shape index (κ2) is 33.3. The summed E-state index contributed by atoms with van der Waals surface area (Å²) >= 11 is 0. The number of anilines is 1. The molecule has 3 aliphatic rings. The fourth-order valence-electron chi connectivity index (χ4n) is 9.87. The number of hydrogen-bond acceptors (Lipinski definition) is 19. The molecule has 0 amide bonds. The Morgan fingerprint density at radius 3 is 1.87 bits per heavy atom. The average molecular weight is 1100 g/mol. The van der Waals surface area contributed by atoms with Crippen molar-refractivity contribution in [3.63, 3.8) is 0 Å². The molecular weight excluding hydrogens is 1010 g/mol. The number of cyclic esters (lactones) is 1. The third kappa shape index (κ3) is 22.9. The number of allylic oxidation sites excluding steroid dienone is 12. The Balaban J connectivity index is 1.51. The van der Waals surface area contributed by atoms with Crippen molar-refractivity contribution < 1.29 is 84.4 Å². The summed E-state index contributed by atoms with van der Waals surface area (Å²) in [5, 5.41) is 112. The first-order valence-electron chi connectivity index (χ1n) is 27.3. The highest BCUT2D eigenvalue weighted by molar-refractivity contribution is 5.96. The Bertz CT molecular complexity index is 2200. The lowest BCUT2D eigenvalue weighted by molar-refractivity contribution is -0.309. The summed E-state index contributed by atoms with van der Waals surface area (Å²) in [6, 6.07) is 6.07. The Morgan fingerprint density at radius 1 is 0.718 bits per heavy atom. The van der Waals surface area contributed by atoms with E-state index < -0.39 is 141 Å². The van der Waals surface area contributed by atoms with E-state index >= 15 is 0 Å². The van der Waals surface area contributed by atoms with E-state index in [1.807, 2.05) is 50.3 Å². The van der Waals surface area contributed by atoms with Gasteiger partial charge in [0.25, 0.3) is 0 Å².